The topological polar surface area (TPSA) is 12.0 Å². The fourth-order valence-corrected chi connectivity index (χ4v) is 2.92. The lowest BCUT2D eigenvalue weighted by Crippen LogP contribution is -2.11. The summed E-state index contributed by atoms with van der Waals surface area (Å²) >= 11 is 1.89. The van der Waals surface area contributed by atoms with E-state index < -0.39 is 0 Å². The summed E-state index contributed by atoms with van der Waals surface area (Å²) in [6.07, 6.45) is 2.63. The molecule has 0 aliphatic carbocycles. The summed E-state index contributed by atoms with van der Waals surface area (Å²) in [7, 11) is 0. The molecule has 1 fully saturated rings. The van der Waals surface area contributed by atoms with E-state index in [1.807, 2.05) is 11.9 Å². The van der Waals surface area contributed by atoms with E-state index in [9.17, 15) is 0 Å². The lowest BCUT2D eigenvalue weighted by Gasteiger charge is -2.13. The fourth-order valence-electron chi connectivity index (χ4n) is 1.79. The van der Waals surface area contributed by atoms with E-state index in [1.165, 1.54) is 18.4 Å². The number of nitrogens with one attached hydrogen (secondary N) is 1. The molecule has 1 aliphatic heterocycles. The van der Waals surface area contributed by atoms with Gasteiger partial charge in [0.25, 0.3) is 0 Å². The van der Waals surface area contributed by atoms with E-state index in [0.29, 0.717) is 5.25 Å². The van der Waals surface area contributed by atoms with Crippen LogP contribution in [0.3, 0.4) is 0 Å². The normalized spacial score (nSPS) is 28.4. The number of hydrogen-bond acceptors (Lipinski definition) is 2. The zero-order valence-corrected chi connectivity index (χ0v) is 9.39. The summed E-state index contributed by atoms with van der Waals surface area (Å²) in [5.41, 5.74) is 1.46. The number of rotatable bonds is 1. The third-order valence-electron chi connectivity index (χ3n) is 2.75. The van der Waals surface area contributed by atoms with Crippen LogP contribution in [0.5, 0.6) is 0 Å². The molecule has 2 rings (SSSR count). The Kier molecular flexibility index (Phi) is 3.49. The van der Waals surface area contributed by atoms with E-state index in [2.05, 4.69) is 42.0 Å². The largest absolute Gasteiger partial charge is 0.263 e. The Morgan fingerprint density at radius 1 is 1.21 bits per heavy atom. The van der Waals surface area contributed by atoms with E-state index in [1.54, 1.807) is 0 Å². The van der Waals surface area contributed by atoms with Crippen molar-refractivity contribution >= 4 is 11.9 Å². The van der Waals surface area contributed by atoms with Gasteiger partial charge < -0.3 is 0 Å². The first kappa shape index (κ1) is 10.1. The minimum absolute atomic E-state index is 0.640. The van der Waals surface area contributed by atoms with E-state index in [-0.39, 0.29) is 0 Å². The molecule has 0 spiro atoms. The van der Waals surface area contributed by atoms with Crippen LogP contribution in [-0.4, -0.2) is 6.54 Å². The van der Waals surface area contributed by atoms with Crippen LogP contribution in [0, 0.1) is 5.92 Å². The highest BCUT2D eigenvalue weighted by Gasteiger charge is 2.17. The van der Waals surface area contributed by atoms with Gasteiger partial charge in [-0.3, -0.25) is 4.72 Å². The predicted octanol–water partition coefficient (Wildman–Crippen LogP) is 3.40. The third-order valence-corrected chi connectivity index (χ3v) is 3.88. The Balaban J connectivity index is 2.04. The lowest BCUT2D eigenvalue weighted by atomic mass is 10.0. The first-order valence-electron chi connectivity index (χ1n) is 5.29. The molecular formula is C12H17NS. The quantitative estimate of drug-likeness (QED) is 0.708. The molecule has 1 aliphatic rings. The third kappa shape index (κ3) is 2.52. The van der Waals surface area contributed by atoms with E-state index >= 15 is 0 Å². The molecule has 1 nitrogen and oxygen atoms in total. The van der Waals surface area contributed by atoms with E-state index in [0.717, 1.165) is 12.5 Å². The minimum atomic E-state index is 0.640. The maximum Gasteiger partial charge on any atom is 0.0442 e. The second kappa shape index (κ2) is 4.85. The zero-order chi connectivity index (χ0) is 9.80. The monoisotopic (exact) mass is 207 g/mol. The van der Waals surface area contributed by atoms with Crippen molar-refractivity contribution in [1.29, 1.82) is 0 Å². The number of benzene rings is 1. The fraction of sp³-hybridized carbons (Fsp3) is 0.500. The Morgan fingerprint density at radius 2 is 2.00 bits per heavy atom. The van der Waals surface area contributed by atoms with Crippen LogP contribution in [-0.2, 0) is 0 Å². The van der Waals surface area contributed by atoms with Gasteiger partial charge in [0.2, 0.25) is 0 Å². The second-order valence-corrected chi connectivity index (χ2v) is 5.14. The van der Waals surface area contributed by atoms with Crippen molar-refractivity contribution in [2.24, 2.45) is 5.92 Å². The molecule has 1 heterocycles. The Hall–Kier alpha value is -0.470. The van der Waals surface area contributed by atoms with Crippen LogP contribution in [0.25, 0.3) is 0 Å². The average molecular weight is 207 g/mol. The second-order valence-electron chi connectivity index (χ2n) is 4.05. The van der Waals surface area contributed by atoms with Crippen molar-refractivity contribution in [3.8, 4) is 0 Å². The summed E-state index contributed by atoms with van der Waals surface area (Å²) in [5.74, 6) is 0.816. The van der Waals surface area contributed by atoms with Crippen molar-refractivity contribution in [2.45, 2.75) is 25.0 Å². The van der Waals surface area contributed by atoms with Crippen LogP contribution in [0.1, 0.15) is 30.6 Å². The van der Waals surface area contributed by atoms with Gasteiger partial charge in [0, 0.05) is 11.8 Å². The van der Waals surface area contributed by atoms with Gasteiger partial charge in [0.15, 0.2) is 0 Å². The molecule has 1 saturated heterocycles. The van der Waals surface area contributed by atoms with Gasteiger partial charge >= 0.3 is 0 Å². The lowest BCUT2D eigenvalue weighted by molar-refractivity contribution is 0.521. The molecule has 0 bridgehead atoms. The molecule has 2 heteroatoms. The Bertz CT molecular complexity index is 273. The molecule has 0 amide bonds. The molecule has 2 unspecified atom stereocenters. The van der Waals surface area contributed by atoms with Crippen LogP contribution >= 0.6 is 11.9 Å². The summed E-state index contributed by atoms with van der Waals surface area (Å²) in [6.45, 7) is 3.47. The van der Waals surface area contributed by atoms with Crippen molar-refractivity contribution in [1.82, 2.24) is 4.72 Å². The van der Waals surface area contributed by atoms with Crippen molar-refractivity contribution in [3.05, 3.63) is 35.9 Å². The molecular weight excluding hydrogens is 190 g/mol. The number of hydrogen-bond donors (Lipinski definition) is 1. The maximum absolute atomic E-state index is 3.46. The Labute approximate surface area is 90.4 Å². The van der Waals surface area contributed by atoms with Crippen molar-refractivity contribution in [3.63, 3.8) is 0 Å². The van der Waals surface area contributed by atoms with E-state index in [4.69, 9.17) is 0 Å². The van der Waals surface area contributed by atoms with Crippen LogP contribution in [0.4, 0.5) is 0 Å². The molecule has 14 heavy (non-hydrogen) atoms. The molecule has 0 radical (unpaired) electrons. The highest BCUT2D eigenvalue weighted by atomic mass is 32.2. The standard InChI is InChI=1S/C12H17NS/c1-10-7-8-12(14-13-9-10)11-5-3-2-4-6-11/h2-6,10,12-13H,7-9H2,1H3. The Morgan fingerprint density at radius 3 is 2.79 bits per heavy atom. The molecule has 1 N–H and O–H groups in total. The SMILES string of the molecule is CC1CCC(c2ccccc2)SNC1. The van der Waals surface area contributed by atoms with Crippen LogP contribution < -0.4 is 4.72 Å². The minimum Gasteiger partial charge on any atom is -0.263 e. The summed E-state index contributed by atoms with van der Waals surface area (Å²) in [5, 5.41) is 0.640. The smallest absolute Gasteiger partial charge is 0.0442 e. The molecule has 76 valence electrons. The molecule has 1 aromatic rings. The van der Waals surface area contributed by atoms with Crippen molar-refractivity contribution < 1.29 is 0 Å². The van der Waals surface area contributed by atoms with Crippen molar-refractivity contribution in [2.75, 3.05) is 6.54 Å². The van der Waals surface area contributed by atoms with Gasteiger partial charge in [0.05, 0.1) is 0 Å². The van der Waals surface area contributed by atoms with Gasteiger partial charge in [-0.15, -0.1) is 0 Å². The molecule has 2 atom stereocenters. The van der Waals surface area contributed by atoms with Gasteiger partial charge in [-0.1, -0.05) is 49.2 Å². The first-order chi connectivity index (χ1) is 6.86. The summed E-state index contributed by atoms with van der Waals surface area (Å²) in [6, 6.07) is 10.8. The summed E-state index contributed by atoms with van der Waals surface area (Å²) < 4.78 is 3.46. The van der Waals surface area contributed by atoms with Gasteiger partial charge in [-0.05, 0) is 24.3 Å². The average Bonchev–Trinajstić information content (AvgIpc) is 2.44. The van der Waals surface area contributed by atoms with Crippen LogP contribution in [0.15, 0.2) is 30.3 Å². The maximum atomic E-state index is 3.46. The molecule has 0 saturated carbocycles. The first-order valence-corrected chi connectivity index (χ1v) is 6.17. The van der Waals surface area contributed by atoms with Gasteiger partial charge in [0.1, 0.15) is 0 Å². The highest BCUT2D eigenvalue weighted by molar-refractivity contribution is 7.97. The molecule has 1 aromatic carbocycles. The predicted molar refractivity (Wildman–Crippen MR) is 63.2 cm³/mol. The van der Waals surface area contributed by atoms with Gasteiger partial charge in [-0.25, -0.2) is 0 Å². The zero-order valence-electron chi connectivity index (χ0n) is 8.57. The van der Waals surface area contributed by atoms with Crippen LogP contribution in [0.2, 0.25) is 0 Å². The molecule has 0 aromatic heterocycles. The summed E-state index contributed by atoms with van der Waals surface area (Å²) in [4.78, 5) is 0. The highest BCUT2D eigenvalue weighted by Crippen LogP contribution is 2.34. The van der Waals surface area contributed by atoms with Gasteiger partial charge in [-0.2, -0.15) is 0 Å².